The minimum Gasteiger partial charge on any atom is -0.465 e. The Hall–Kier alpha value is -12.4. The number of rotatable bonds is 16. The monoisotopic (exact) mass is 1650 g/mol. The lowest BCUT2D eigenvalue weighted by Crippen LogP contribution is -2.47. The molecule has 4 heterocycles. The number of aryl methyl sites for hydroxylation is 2. The summed E-state index contributed by atoms with van der Waals surface area (Å²) in [6.07, 6.45) is 11.7. The van der Waals surface area contributed by atoms with Crippen molar-refractivity contribution in [1.82, 2.24) is 5.32 Å². The zero-order valence-corrected chi connectivity index (χ0v) is 69.0. The second-order valence-electron chi connectivity index (χ2n) is 28.5. The SMILES string of the molecule is CCOC(=O)C1CCCCN1.CCOC(=O)C1CCCCN1c1cccc(C#N)c1.Cc1ccccc1-c1ccc(N)cc1.Cc1ccccc1-c1ccc(NC(=O)C2CCCCN2c2cccc(C#N)c2)cc1.N#Cc1cccc(Br)c1.N=C(N)c1cccc(N2CCCCC2C(=O)Nc2ccc(-c3ccccc3S(N)(=O)=O)cc2)c1. The molecular formula is C94H102BrN13O8S. The average molecular weight is 1650 g/mol. The number of halogens is 1. The van der Waals surface area contributed by atoms with Gasteiger partial charge in [-0.05, 0) is 253 Å². The van der Waals surface area contributed by atoms with Gasteiger partial charge in [-0.1, -0.05) is 156 Å². The fourth-order valence-electron chi connectivity index (χ4n) is 14.3. The van der Waals surface area contributed by atoms with Gasteiger partial charge in [0.05, 0.1) is 53.0 Å². The van der Waals surface area contributed by atoms with Crippen molar-refractivity contribution in [3.05, 3.63) is 281 Å². The number of nitrogens with two attached hydrogens (primary N) is 3. The Morgan fingerprint density at radius 1 is 0.487 bits per heavy atom. The Balaban J connectivity index is 0.000000170. The quantitative estimate of drug-likeness (QED) is 0.0204. The largest absolute Gasteiger partial charge is 0.465 e. The molecule has 10 aromatic rings. The van der Waals surface area contributed by atoms with Gasteiger partial charge in [-0.3, -0.25) is 19.8 Å². The Labute approximate surface area is 696 Å². The van der Waals surface area contributed by atoms with Gasteiger partial charge in [-0.15, -0.1) is 0 Å². The van der Waals surface area contributed by atoms with Gasteiger partial charge < -0.3 is 51.6 Å². The van der Waals surface area contributed by atoms with Crippen LogP contribution < -0.4 is 47.3 Å². The van der Waals surface area contributed by atoms with E-state index in [2.05, 4.69) is 121 Å². The molecule has 0 saturated carbocycles. The van der Waals surface area contributed by atoms with Gasteiger partial charge >= 0.3 is 11.9 Å². The first-order valence-electron chi connectivity index (χ1n) is 39.5. The number of carbonyl (C=O) groups excluding carboxylic acids is 4. The van der Waals surface area contributed by atoms with Crippen LogP contribution in [0.4, 0.5) is 34.1 Å². The number of nitrogen functional groups attached to an aromatic ring is 2. The van der Waals surface area contributed by atoms with Crippen LogP contribution in [-0.4, -0.2) is 102 Å². The van der Waals surface area contributed by atoms with E-state index in [4.69, 9.17) is 42.0 Å². The van der Waals surface area contributed by atoms with Crippen LogP contribution in [0.2, 0.25) is 0 Å². The van der Waals surface area contributed by atoms with E-state index in [0.29, 0.717) is 52.3 Å². The molecule has 2 amide bonds. The third kappa shape index (κ3) is 26.3. The predicted molar refractivity (Wildman–Crippen MR) is 471 cm³/mol. The molecule has 4 saturated heterocycles. The number of nitriles is 3. The van der Waals surface area contributed by atoms with Gasteiger partial charge in [-0.2, -0.15) is 15.8 Å². The van der Waals surface area contributed by atoms with Crippen molar-refractivity contribution in [3.63, 3.8) is 0 Å². The fourth-order valence-corrected chi connectivity index (χ4v) is 15.5. The molecule has 4 unspecified atom stereocenters. The highest BCUT2D eigenvalue weighted by Crippen LogP contribution is 2.33. The summed E-state index contributed by atoms with van der Waals surface area (Å²) in [4.78, 5) is 55.7. The smallest absolute Gasteiger partial charge is 0.328 e. The molecule has 4 aliphatic heterocycles. The standard InChI is InChI=1S/C26H25N3O.C25H27N5O3S.C15H18N2O2.C13H13N.C8H15NO2.C7H4BrN/c1-19-7-2-3-10-24(19)21-12-14-22(15-13-21)28-26(30)25-11-4-5-16-29(25)23-9-6-8-20(17-23)18-27;26-24(27)18-6-5-7-20(16-18)30-15-4-3-9-22(30)25(31)29-19-13-11-17(12-14-19)21-8-1-2-10-23(21)34(28,32)33;1-2-19-15(18)14-8-3-4-9-17(14)13-7-5-6-12(10-13)11-16;1-10-4-2-3-5-13(10)11-6-8-12(14)9-7-11;1-2-11-8(10)7-5-3-4-6-9-7;8-7-3-1-2-6(4-7)5-9/h2-3,6-10,12-15,17,25H,4-5,11,16H2,1H3,(H,28,30);1-2,5-8,10-14,16,22H,3-4,9,15H2,(H3,26,27)(H,29,31)(H2,28,32,33);5-7,10,14H,2-4,8-9H2,1H3;2-9H,14H2,1H3;7,9H,2-6H2,1H3;1-4H. The van der Waals surface area contributed by atoms with Crippen molar-refractivity contribution >= 4 is 89.7 Å². The highest BCUT2D eigenvalue weighted by Gasteiger charge is 2.33. The molecule has 23 heteroatoms. The van der Waals surface area contributed by atoms with Crippen LogP contribution in [0, 0.1) is 53.3 Å². The Morgan fingerprint density at radius 3 is 1.32 bits per heavy atom. The summed E-state index contributed by atoms with van der Waals surface area (Å²) in [6, 6.07) is 81.3. The van der Waals surface area contributed by atoms with E-state index in [0.717, 1.165) is 135 Å². The van der Waals surface area contributed by atoms with Crippen LogP contribution in [0.1, 0.15) is 124 Å². The number of primary sulfonamides is 1. The maximum Gasteiger partial charge on any atom is 0.328 e. The summed E-state index contributed by atoms with van der Waals surface area (Å²) in [6.45, 7) is 12.1. The highest BCUT2D eigenvalue weighted by molar-refractivity contribution is 9.10. The van der Waals surface area contributed by atoms with Gasteiger partial charge in [0.1, 0.15) is 30.0 Å². The van der Waals surface area contributed by atoms with Crippen LogP contribution in [0.15, 0.2) is 252 Å². The maximum absolute atomic E-state index is 13.2. The van der Waals surface area contributed by atoms with Gasteiger partial charge in [-0.25, -0.2) is 18.4 Å². The van der Waals surface area contributed by atoms with Gasteiger partial charge in [0, 0.05) is 69.4 Å². The number of esters is 2. The van der Waals surface area contributed by atoms with E-state index >= 15 is 0 Å². The normalized spacial score (nSPS) is 16.0. The number of amides is 2. The van der Waals surface area contributed by atoms with Crippen molar-refractivity contribution in [3.8, 4) is 51.6 Å². The number of nitrogens with zero attached hydrogens (tertiary/aromatic N) is 6. The molecular weight excluding hydrogens is 1550 g/mol. The molecule has 4 atom stereocenters. The molecule has 0 aromatic heterocycles. The number of piperidine rings is 4. The van der Waals surface area contributed by atoms with Crippen molar-refractivity contribution < 1.29 is 37.1 Å². The average Bonchev–Trinajstić information content (AvgIpc) is 0.802. The Bertz CT molecular complexity index is 5240. The molecule has 0 bridgehead atoms. The number of hydrogen-bond donors (Lipinski definition) is 7. The zero-order chi connectivity index (χ0) is 83.6. The highest BCUT2D eigenvalue weighted by atomic mass is 79.9. The maximum atomic E-state index is 13.2. The van der Waals surface area contributed by atoms with E-state index in [1.807, 2.05) is 135 Å². The molecule has 4 aliphatic rings. The molecule has 10 aromatic carbocycles. The van der Waals surface area contributed by atoms with Crippen molar-refractivity contribution in [1.29, 1.82) is 21.2 Å². The Kier molecular flexibility index (Phi) is 34.1. The van der Waals surface area contributed by atoms with Gasteiger partial charge in [0.2, 0.25) is 21.8 Å². The summed E-state index contributed by atoms with van der Waals surface area (Å²) in [7, 11) is -3.86. The number of ether oxygens (including phenoxy) is 2. The summed E-state index contributed by atoms with van der Waals surface area (Å²) in [5.41, 5.74) is 27.3. The van der Waals surface area contributed by atoms with E-state index in [-0.39, 0.29) is 58.7 Å². The van der Waals surface area contributed by atoms with E-state index < -0.39 is 10.0 Å². The van der Waals surface area contributed by atoms with Crippen molar-refractivity contribution in [2.24, 2.45) is 10.9 Å². The van der Waals surface area contributed by atoms with E-state index in [9.17, 15) is 32.9 Å². The number of benzene rings is 10. The number of nitrogens with one attached hydrogen (secondary N) is 4. The third-order valence-corrected chi connectivity index (χ3v) is 21.7. The first-order chi connectivity index (χ1) is 56.6. The van der Waals surface area contributed by atoms with Gasteiger partial charge in [0.15, 0.2) is 0 Å². The van der Waals surface area contributed by atoms with Crippen LogP contribution >= 0.6 is 15.9 Å². The van der Waals surface area contributed by atoms with Crippen LogP contribution in [0.25, 0.3) is 33.4 Å². The van der Waals surface area contributed by atoms with Gasteiger partial charge in [0.25, 0.3) is 0 Å². The lowest BCUT2D eigenvalue weighted by Gasteiger charge is -2.36. The van der Waals surface area contributed by atoms with E-state index in [1.54, 1.807) is 72.8 Å². The number of hydrogen-bond acceptors (Lipinski definition) is 17. The molecule has 0 spiro atoms. The molecule has 21 nitrogen and oxygen atoms in total. The second kappa shape index (κ2) is 45.0. The fraction of sp³-hybridized carbons (Fsp3) is 0.277. The molecule has 14 rings (SSSR count). The lowest BCUT2D eigenvalue weighted by atomic mass is 9.99. The summed E-state index contributed by atoms with van der Waals surface area (Å²) < 4.78 is 34.8. The molecule has 0 radical (unpaired) electrons. The predicted octanol–water partition coefficient (Wildman–Crippen LogP) is 17.6. The van der Waals surface area contributed by atoms with Crippen LogP contribution in [0.5, 0.6) is 0 Å². The molecule has 0 aliphatic carbocycles. The molecule has 604 valence electrons. The minimum atomic E-state index is -3.86. The molecule has 4 fully saturated rings. The van der Waals surface area contributed by atoms with Crippen LogP contribution in [0.3, 0.4) is 0 Å². The summed E-state index contributed by atoms with van der Waals surface area (Å²) in [5.74, 6) is -0.382. The van der Waals surface area contributed by atoms with Crippen molar-refractivity contribution in [2.45, 2.75) is 134 Å². The number of amidine groups is 1. The van der Waals surface area contributed by atoms with E-state index in [1.165, 1.54) is 40.3 Å². The Morgan fingerprint density at radius 2 is 0.889 bits per heavy atom. The first-order valence-corrected chi connectivity index (χ1v) is 41.8. The number of anilines is 6. The topological polar surface area (TPSA) is 340 Å². The summed E-state index contributed by atoms with van der Waals surface area (Å²) in [5, 5.41) is 48.8. The van der Waals surface area contributed by atoms with Crippen LogP contribution in [-0.2, 0) is 38.7 Å². The number of sulfonamides is 1. The summed E-state index contributed by atoms with van der Waals surface area (Å²) >= 11 is 3.25. The zero-order valence-electron chi connectivity index (χ0n) is 66.6. The van der Waals surface area contributed by atoms with Crippen molar-refractivity contribution in [2.75, 3.05) is 70.5 Å². The third-order valence-electron chi connectivity index (χ3n) is 20.2. The molecule has 117 heavy (non-hydrogen) atoms. The number of carbonyl (C=O) groups is 4. The molecule has 10 N–H and O–H groups in total. The lowest BCUT2D eigenvalue weighted by molar-refractivity contribution is -0.146. The second-order valence-corrected chi connectivity index (χ2v) is 30.9. The minimum absolute atomic E-state index is 0.000650. The first kappa shape index (κ1) is 88.5.